The summed E-state index contributed by atoms with van der Waals surface area (Å²) < 4.78 is 0. The number of nitrogens with one attached hydrogen (secondary N) is 1. The molecule has 3 amide bonds. The zero-order chi connectivity index (χ0) is 11.9. The summed E-state index contributed by atoms with van der Waals surface area (Å²) in [6.07, 6.45) is 0. The Morgan fingerprint density at radius 3 is 2.19 bits per heavy atom. The van der Waals surface area contributed by atoms with Crippen molar-refractivity contribution in [3.63, 3.8) is 0 Å². The molecule has 0 aliphatic carbocycles. The number of benzene rings is 1. The van der Waals surface area contributed by atoms with Crippen molar-refractivity contribution in [3.8, 4) is 0 Å². The van der Waals surface area contributed by atoms with Crippen LogP contribution in [0.15, 0.2) is 29.2 Å². The van der Waals surface area contributed by atoms with Crippen molar-refractivity contribution >= 4 is 30.3 Å². The second-order valence-corrected chi connectivity index (χ2v) is 4.73. The Morgan fingerprint density at radius 2 is 1.75 bits per heavy atom. The number of rotatable bonds is 1. The average molecular weight is 236 g/mol. The highest BCUT2D eigenvalue weighted by Gasteiger charge is 2.44. The predicted octanol–water partition coefficient (Wildman–Crippen LogP) is 1.81. The van der Waals surface area contributed by atoms with E-state index in [1.807, 2.05) is 0 Å². The fourth-order valence-corrected chi connectivity index (χ4v) is 1.73. The van der Waals surface area contributed by atoms with E-state index in [-0.39, 0.29) is 11.9 Å². The summed E-state index contributed by atoms with van der Waals surface area (Å²) in [5, 5.41) is 2.62. The van der Waals surface area contributed by atoms with E-state index in [4.69, 9.17) is 0 Å². The molecule has 16 heavy (non-hydrogen) atoms. The van der Waals surface area contributed by atoms with Crippen molar-refractivity contribution in [2.24, 2.45) is 0 Å². The molecule has 1 heterocycles. The van der Waals surface area contributed by atoms with Crippen molar-refractivity contribution in [2.45, 2.75) is 24.3 Å². The lowest BCUT2D eigenvalue weighted by molar-refractivity contribution is -0.120. The van der Waals surface area contributed by atoms with E-state index in [0.717, 1.165) is 9.80 Å². The van der Waals surface area contributed by atoms with Crippen LogP contribution in [-0.4, -0.2) is 17.5 Å². The second-order valence-electron chi connectivity index (χ2n) is 4.21. The molecule has 0 unspecified atom stereocenters. The Labute approximate surface area is 99.0 Å². The molecular weight excluding hydrogens is 224 g/mol. The van der Waals surface area contributed by atoms with Gasteiger partial charge in [-0.1, -0.05) is 0 Å². The molecule has 1 aliphatic rings. The summed E-state index contributed by atoms with van der Waals surface area (Å²) >= 11 is 4.15. The van der Waals surface area contributed by atoms with Gasteiger partial charge in [0.1, 0.15) is 5.54 Å². The molecule has 5 heteroatoms. The highest BCUT2D eigenvalue weighted by molar-refractivity contribution is 7.80. The minimum absolute atomic E-state index is 0.246. The van der Waals surface area contributed by atoms with Crippen LogP contribution in [0.25, 0.3) is 0 Å². The average Bonchev–Trinajstić information content (AvgIpc) is 2.39. The highest BCUT2D eigenvalue weighted by Crippen LogP contribution is 2.25. The summed E-state index contributed by atoms with van der Waals surface area (Å²) in [5.41, 5.74) is -0.276. The monoisotopic (exact) mass is 236 g/mol. The lowest BCUT2D eigenvalue weighted by Crippen LogP contribution is -2.40. The molecule has 0 spiro atoms. The molecule has 1 saturated heterocycles. The molecule has 84 valence electrons. The van der Waals surface area contributed by atoms with Gasteiger partial charge >= 0.3 is 6.03 Å². The molecule has 1 aromatic rings. The van der Waals surface area contributed by atoms with Gasteiger partial charge in [-0.3, -0.25) is 4.79 Å². The van der Waals surface area contributed by atoms with Gasteiger partial charge in [-0.15, -0.1) is 12.6 Å². The van der Waals surface area contributed by atoms with Gasteiger partial charge < -0.3 is 5.32 Å². The maximum atomic E-state index is 11.9. The highest BCUT2D eigenvalue weighted by atomic mass is 32.1. The molecule has 1 aliphatic heterocycles. The van der Waals surface area contributed by atoms with E-state index in [1.54, 1.807) is 38.1 Å². The molecule has 1 N–H and O–H groups in total. The lowest BCUT2D eigenvalue weighted by Gasteiger charge is -2.15. The summed E-state index contributed by atoms with van der Waals surface area (Å²) in [6.45, 7) is 3.36. The normalized spacial score (nSPS) is 18.8. The van der Waals surface area contributed by atoms with Gasteiger partial charge in [0.15, 0.2) is 0 Å². The van der Waals surface area contributed by atoms with E-state index in [0.29, 0.717) is 5.69 Å². The van der Waals surface area contributed by atoms with Crippen molar-refractivity contribution < 1.29 is 9.59 Å². The number of anilines is 1. The number of nitrogens with zero attached hydrogens (tertiary/aromatic N) is 1. The molecule has 0 radical (unpaired) electrons. The Balaban J connectivity index is 2.39. The van der Waals surface area contributed by atoms with Gasteiger partial charge in [0.2, 0.25) is 0 Å². The Hall–Kier alpha value is -1.49. The van der Waals surface area contributed by atoms with Gasteiger partial charge in [0.05, 0.1) is 5.69 Å². The van der Waals surface area contributed by atoms with E-state index in [2.05, 4.69) is 17.9 Å². The maximum absolute atomic E-state index is 11.9. The van der Waals surface area contributed by atoms with E-state index < -0.39 is 5.54 Å². The van der Waals surface area contributed by atoms with Gasteiger partial charge in [0, 0.05) is 4.90 Å². The molecule has 2 rings (SSSR count). The van der Waals surface area contributed by atoms with Gasteiger partial charge in [-0.2, -0.15) is 0 Å². The summed E-state index contributed by atoms with van der Waals surface area (Å²) in [6, 6.07) is 6.48. The quantitative estimate of drug-likeness (QED) is 0.577. The smallest absolute Gasteiger partial charge is 0.323 e. The summed E-state index contributed by atoms with van der Waals surface area (Å²) in [5.74, 6) is -0.246. The number of hydrogen-bond acceptors (Lipinski definition) is 3. The topological polar surface area (TPSA) is 49.4 Å². The van der Waals surface area contributed by atoms with Crippen LogP contribution in [0, 0.1) is 0 Å². The first-order valence-electron chi connectivity index (χ1n) is 4.87. The number of thiol groups is 1. The van der Waals surface area contributed by atoms with E-state index >= 15 is 0 Å². The third-order valence-corrected chi connectivity index (χ3v) is 2.77. The van der Waals surface area contributed by atoms with Gasteiger partial charge in [0.25, 0.3) is 5.91 Å². The van der Waals surface area contributed by atoms with Crippen LogP contribution in [0.1, 0.15) is 13.8 Å². The third kappa shape index (κ3) is 1.67. The number of hydrogen-bond donors (Lipinski definition) is 2. The van der Waals surface area contributed by atoms with Gasteiger partial charge in [-0.05, 0) is 38.1 Å². The zero-order valence-corrected chi connectivity index (χ0v) is 9.91. The minimum Gasteiger partial charge on any atom is -0.323 e. The van der Waals surface area contributed by atoms with Crippen LogP contribution in [0.5, 0.6) is 0 Å². The van der Waals surface area contributed by atoms with E-state index in [9.17, 15) is 9.59 Å². The van der Waals surface area contributed by atoms with Gasteiger partial charge in [-0.25, -0.2) is 9.69 Å². The fraction of sp³-hybridized carbons (Fsp3) is 0.273. The van der Waals surface area contributed by atoms with Crippen LogP contribution < -0.4 is 10.2 Å². The lowest BCUT2D eigenvalue weighted by atomic mass is 10.1. The Kier molecular flexibility index (Phi) is 2.42. The summed E-state index contributed by atoms with van der Waals surface area (Å²) in [7, 11) is 0. The molecule has 1 aromatic carbocycles. The Morgan fingerprint density at radius 1 is 1.19 bits per heavy atom. The molecule has 4 nitrogen and oxygen atoms in total. The SMILES string of the molecule is CC1(C)NC(=O)N(c2ccc(S)cc2)C1=O. The number of amides is 3. The number of carbonyl (C=O) groups excluding carboxylic acids is 2. The van der Waals surface area contributed by atoms with Crippen LogP contribution in [-0.2, 0) is 4.79 Å². The van der Waals surface area contributed by atoms with Crippen LogP contribution >= 0.6 is 12.6 Å². The molecule has 0 atom stereocenters. The largest absolute Gasteiger partial charge is 0.329 e. The molecular formula is C11H12N2O2S. The van der Waals surface area contributed by atoms with Crippen molar-refractivity contribution in [2.75, 3.05) is 4.90 Å². The first-order valence-corrected chi connectivity index (χ1v) is 5.32. The van der Waals surface area contributed by atoms with Crippen LogP contribution in [0.2, 0.25) is 0 Å². The molecule has 0 bridgehead atoms. The fourth-order valence-electron chi connectivity index (χ4n) is 1.58. The maximum Gasteiger partial charge on any atom is 0.329 e. The second kappa shape index (κ2) is 3.52. The Bertz CT molecular complexity index is 454. The van der Waals surface area contributed by atoms with Crippen molar-refractivity contribution in [1.82, 2.24) is 5.32 Å². The third-order valence-electron chi connectivity index (χ3n) is 2.47. The standard InChI is InChI=1S/C11H12N2O2S/c1-11(2)9(14)13(10(15)12-11)7-3-5-8(16)6-4-7/h3-6,16H,1-2H3,(H,12,15). The molecule has 0 saturated carbocycles. The zero-order valence-electron chi connectivity index (χ0n) is 9.02. The predicted molar refractivity (Wildman–Crippen MR) is 63.8 cm³/mol. The van der Waals surface area contributed by atoms with Crippen molar-refractivity contribution in [1.29, 1.82) is 0 Å². The van der Waals surface area contributed by atoms with Crippen molar-refractivity contribution in [3.05, 3.63) is 24.3 Å². The first-order chi connectivity index (χ1) is 7.42. The number of imide groups is 1. The molecule has 1 fully saturated rings. The minimum atomic E-state index is -0.837. The number of carbonyl (C=O) groups is 2. The van der Waals surface area contributed by atoms with Crippen LogP contribution in [0.3, 0.4) is 0 Å². The van der Waals surface area contributed by atoms with E-state index in [1.165, 1.54) is 0 Å². The number of urea groups is 1. The first kappa shape index (κ1) is 11.0. The summed E-state index contributed by atoms with van der Waals surface area (Å²) in [4.78, 5) is 25.5. The molecule has 0 aromatic heterocycles. The van der Waals surface area contributed by atoms with Crippen LogP contribution in [0.4, 0.5) is 10.5 Å².